The van der Waals surface area contributed by atoms with E-state index in [4.69, 9.17) is 16.1 Å². The zero-order valence-electron chi connectivity index (χ0n) is 15.7. The number of hydrogen-bond acceptors (Lipinski definition) is 4. The maximum atomic E-state index is 13.0. The zero-order valence-corrected chi connectivity index (χ0v) is 16.5. The average Bonchev–Trinajstić information content (AvgIpc) is 3.05. The van der Waals surface area contributed by atoms with Crippen molar-refractivity contribution in [2.75, 3.05) is 13.1 Å². The smallest absolute Gasteiger partial charge is 0.230 e. The van der Waals surface area contributed by atoms with E-state index in [2.05, 4.69) is 10.5 Å². The van der Waals surface area contributed by atoms with E-state index in [0.29, 0.717) is 49.3 Å². The molecule has 2 fully saturated rings. The lowest BCUT2D eigenvalue weighted by molar-refractivity contribution is -0.154. The summed E-state index contributed by atoms with van der Waals surface area (Å²) in [6.07, 6.45) is 4.69. The molecule has 2 aromatic rings. The third kappa shape index (κ3) is 4.07. The summed E-state index contributed by atoms with van der Waals surface area (Å²) >= 11 is 5.74. The van der Waals surface area contributed by atoms with Crippen LogP contribution in [0.2, 0.25) is 5.15 Å². The van der Waals surface area contributed by atoms with E-state index in [-0.39, 0.29) is 11.8 Å². The summed E-state index contributed by atoms with van der Waals surface area (Å²) in [5.41, 5.74) is 0.581. The van der Waals surface area contributed by atoms with Crippen molar-refractivity contribution in [3.05, 3.63) is 52.9 Å². The monoisotopic (exact) mass is 401 g/mol. The Morgan fingerprint density at radius 3 is 2.61 bits per heavy atom. The molecule has 1 saturated carbocycles. The van der Waals surface area contributed by atoms with Crippen LogP contribution < -0.4 is 5.32 Å². The summed E-state index contributed by atoms with van der Waals surface area (Å²) in [6, 6.07) is 11.9. The van der Waals surface area contributed by atoms with Gasteiger partial charge in [-0.05, 0) is 31.2 Å². The largest absolute Gasteiger partial charge is 0.360 e. The third-order valence-corrected chi connectivity index (χ3v) is 5.94. The Bertz CT molecular complexity index is 842. The van der Waals surface area contributed by atoms with Gasteiger partial charge in [0.05, 0.1) is 5.41 Å². The number of carbonyl (C=O) groups excluding carboxylic acids is 2. The molecule has 4 rings (SSSR count). The number of amides is 2. The summed E-state index contributed by atoms with van der Waals surface area (Å²) < 4.78 is 5.05. The van der Waals surface area contributed by atoms with Crippen molar-refractivity contribution in [1.29, 1.82) is 0 Å². The van der Waals surface area contributed by atoms with Gasteiger partial charge in [0.15, 0.2) is 5.15 Å². The molecule has 1 N–H and O–H groups in total. The molecule has 0 radical (unpaired) electrons. The summed E-state index contributed by atoms with van der Waals surface area (Å²) in [4.78, 5) is 27.3. The maximum absolute atomic E-state index is 13.0. The Morgan fingerprint density at radius 2 is 2.00 bits per heavy atom. The van der Waals surface area contributed by atoms with Gasteiger partial charge in [0.2, 0.25) is 11.8 Å². The number of rotatable bonds is 7. The number of hydrogen-bond donors (Lipinski definition) is 1. The lowest BCUT2D eigenvalue weighted by Crippen LogP contribution is -2.66. The molecule has 1 aliphatic carbocycles. The summed E-state index contributed by atoms with van der Waals surface area (Å²) in [5, 5.41) is 7.10. The molecule has 0 spiro atoms. The van der Waals surface area contributed by atoms with Crippen molar-refractivity contribution >= 4 is 23.4 Å². The van der Waals surface area contributed by atoms with E-state index in [1.165, 1.54) is 6.42 Å². The van der Waals surface area contributed by atoms with Crippen LogP contribution in [0.25, 0.3) is 0 Å². The second-order valence-corrected chi connectivity index (χ2v) is 8.30. The van der Waals surface area contributed by atoms with Gasteiger partial charge in [-0.2, -0.15) is 0 Å². The van der Waals surface area contributed by atoms with E-state index in [1.54, 1.807) is 11.0 Å². The van der Waals surface area contributed by atoms with Crippen LogP contribution in [0.4, 0.5) is 0 Å². The van der Waals surface area contributed by atoms with Crippen molar-refractivity contribution < 1.29 is 14.1 Å². The fourth-order valence-corrected chi connectivity index (χ4v) is 4.02. The first-order chi connectivity index (χ1) is 13.5. The number of benzene rings is 1. The number of carbonyl (C=O) groups is 2. The van der Waals surface area contributed by atoms with Crippen molar-refractivity contribution in [2.45, 2.75) is 44.6 Å². The van der Waals surface area contributed by atoms with Gasteiger partial charge in [0, 0.05) is 38.0 Å². The number of aryl methyl sites for hydroxylation is 1. The average molecular weight is 402 g/mol. The Balaban J connectivity index is 1.38. The Kier molecular flexibility index (Phi) is 5.40. The van der Waals surface area contributed by atoms with Gasteiger partial charge in [0.25, 0.3) is 0 Å². The van der Waals surface area contributed by atoms with Crippen molar-refractivity contribution in [3.63, 3.8) is 0 Å². The molecular formula is C21H24ClN3O3. The lowest BCUT2D eigenvalue weighted by atomic mass is 9.73. The number of aromatic nitrogens is 1. The van der Waals surface area contributed by atoms with Gasteiger partial charge in [-0.25, -0.2) is 0 Å². The van der Waals surface area contributed by atoms with Crippen molar-refractivity contribution in [1.82, 2.24) is 15.4 Å². The second-order valence-electron chi connectivity index (χ2n) is 7.91. The highest BCUT2D eigenvalue weighted by molar-refractivity contribution is 6.29. The molecule has 0 atom stereocenters. The molecule has 2 amide bonds. The molecule has 2 aliphatic rings. The minimum absolute atomic E-state index is 0.0210. The predicted octanol–water partition coefficient (Wildman–Crippen LogP) is 3.00. The van der Waals surface area contributed by atoms with E-state index < -0.39 is 5.41 Å². The first-order valence-corrected chi connectivity index (χ1v) is 10.2. The summed E-state index contributed by atoms with van der Waals surface area (Å²) in [5.74, 6) is 0.692. The third-order valence-electron chi connectivity index (χ3n) is 5.76. The fourth-order valence-electron chi connectivity index (χ4n) is 3.87. The first-order valence-electron chi connectivity index (χ1n) is 9.78. The van der Waals surface area contributed by atoms with Crippen LogP contribution in [0.1, 0.15) is 37.0 Å². The SMILES string of the molecule is O=C(CCc1cc(Cl)no1)N1CC(Cc2ccccc2)(C(=O)NC2CCC2)C1. The van der Waals surface area contributed by atoms with Crippen LogP contribution in [-0.2, 0) is 22.4 Å². The molecule has 1 saturated heterocycles. The van der Waals surface area contributed by atoms with E-state index in [0.717, 1.165) is 18.4 Å². The Morgan fingerprint density at radius 1 is 1.25 bits per heavy atom. The topological polar surface area (TPSA) is 75.4 Å². The van der Waals surface area contributed by atoms with Crippen molar-refractivity contribution in [2.24, 2.45) is 5.41 Å². The molecule has 0 bridgehead atoms. The maximum Gasteiger partial charge on any atom is 0.230 e. The molecule has 28 heavy (non-hydrogen) atoms. The molecule has 148 valence electrons. The molecule has 7 heteroatoms. The van der Waals surface area contributed by atoms with Crippen LogP contribution in [0, 0.1) is 5.41 Å². The molecule has 1 aromatic heterocycles. The van der Waals surface area contributed by atoms with Crippen LogP contribution in [0.5, 0.6) is 0 Å². The Hall–Kier alpha value is -2.34. The Labute approximate surface area is 169 Å². The first kappa shape index (κ1) is 19.0. The zero-order chi connectivity index (χ0) is 19.6. The van der Waals surface area contributed by atoms with E-state index in [1.807, 2.05) is 30.3 Å². The van der Waals surface area contributed by atoms with Crippen molar-refractivity contribution in [3.8, 4) is 0 Å². The minimum Gasteiger partial charge on any atom is -0.360 e. The highest BCUT2D eigenvalue weighted by Gasteiger charge is 2.51. The fraction of sp³-hybridized carbons (Fsp3) is 0.476. The van der Waals surface area contributed by atoms with Crippen LogP contribution in [0.3, 0.4) is 0 Å². The normalized spacial score (nSPS) is 18.2. The quantitative estimate of drug-likeness (QED) is 0.773. The highest BCUT2D eigenvalue weighted by atomic mass is 35.5. The van der Waals surface area contributed by atoms with Crippen LogP contribution in [0.15, 0.2) is 40.9 Å². The molecule has 0 unspecified atom stereocenters. The summed E-state index contributed by atoms with van der Waals surface area (Å²) in [7, 11) is 0. The second kappa shape index (κ2) is 7.95. The molecular weight excluding hydrogens is 378 g/mol. The highest BCUT2D eigenvalue weighted by Crippen LogP contribution is 2.36. The van der Waals surface area contributed by atoms with Crippen LogP contribution >= 0.6 is 11.6 Å². The number of nitrogens with zero attached hydrogens (tertiary/aromatic N) is 2. The predicted molar refractivity (Wildman–Crippen MR) is 105 cm³/mol. The molecule has 6 nitrogen and oxygen atoms in total. The lowest BCUT2D eigenvalue weighted by Gasteiger charge is -2.50. The van der Waals surface area contributed by atoms with Gasteiger partial charge < -0.3 is 14.7 Å². The minimum atomic E-state index is -0.540. The van der Waals surface area contributed by atoms with Gasteiger partial charge in [-0.15, -0.1) is 0 Å². The van der Waals surface area contributed by atoms with Gasteiger partial charge in [-0.1, -0.05) is 47.1 Å². The molecule has 2 heterocycles. The number of nitrogens with one attached hydrogen (secondary N) is 1. The molecule has 1 aliphatic heterocycles. The standard InChI is InChI=1S/C21H24ClN3O3/c22-18-11-17(28-24-18)9-10-19(26)25-13-21(14-25,12-15-5-2-1-3-6-15)20(27)23-16-7-4-8-16/h1-3,5-6,11,16H,4,7-10,12-14H2,(H,23,27). The van der Waals surface area contributed by atoms with Gasteiger partial charge >= 0.3 is 0 Å². The number of likely N-dealkylation sites (tertiary alicyclic amines) is 1. The van der Waals surface area contributed by atoms with E-state index >= 15 is 0 Å². The number of halogens is 1. The molecule has 1 aromatic carbocycles. The van der Waals surface area contributed by atoms with E-state index in [9.17, 15) is 9.59 Å². The van der Waals surface area contributed by atoms with Gasteiger partial charge in [0.1, 0.15) is 5.76 Å². The summed E-state index contributed by atoms with van der Waals surface area (Å²) in [6.45, 7) is 0.910. The van der Waals surface area contributed by atoms with Crippen LogP contribution in [-0.4, -0.2) is 41.0 Å². The van der Waals surface area contributed by atoms with Gasteiger partial charge in [-0.3, -0.25) is 9.59 Å².